The van der Waals surface area contributed by atoms with E-state index in [9.17, 15) is 0 Å². The number of fused-ring (bicyclic) bond motifs is 1. The molecule has 0 saturated heterocycles. The minimum atomic E-state index is 0.980. The number of allylic oxidation sites excluding steroid dienone is 1. The molecule has 0 spiro atoms. The summed E-state index contributed by atoms with van der Waals surface area (Å²) in [5.41, 5.74) is 1.45. The Morgan fingerprint density at radius 2 is 2.58 bits per heavy atom. The van der Waals surface area contributed by atoms with Crippen LogP contribution in [0.5, 0.6) is 0 Å². The Bertz CT molecular complexity index is 237. The van der Waals surface area contributed by atoms with Crippen LogP contribution in [-0.4, -0.2) is 28.5 Å². The van der Waals surface area contributed by atoms with Crippen LogP contribution in [-0.2, 0) is 0 Å². The SMILES string of the molecule is BrCCCC1=CSC2=NCCN12. The molecule has 2 rings (SSSR count). The Morgan fingerprint density at radius 3 is 3.42 bits per heavy atom. The fraction of sp³-hybridized carbons (Fsp3) is 0.625. The molecule has 0 aromatic rings. The zero-order valence-electron chi connectivity index (χ0n) is 6.79. The van der Waals surface area contributed by atoms with Gasteiger partial charge >= 0.3 is 0 Å². The summed E-state index contributed by atoms with van der Waals surface area (Å²) in [5.74, 6) is 0. The summed E-state index contributed by atoms with van der Waals surface area (Å²) in [5, 5.41) is 4.54. The smallest absolute Gasteiger partial charge is 0.167 e. The van der Waals surface area contributed by atoms with E-state index in [1.807, 2.05) is 0 Å². The molecule has 0 N–H and O–H groups in total. The van der Waals surface area contributed by atoms with Crippen molar-refractivity contribution in [1.29, 1.82) is 0 Å². The van der Waals surface area contributed by atoms with Crippen LogP contribution in [0.4, 0.5) is 0 Å². The number of rotatable bonds is 3. The Balaban J connectivity index is 1.95. The fourth-order valence-corrected chi connectivity index (χ4v) is 2.69. The maximum absolute atomic E-state index is 4.40. The lowest BCUT2D eigenvalue weighted by Crippen LogP contribution is -2.20. The quantitative estimate of drug-likeness (QED) is 0.712. The van der Waals surface area contributed by atoms with E-state index in [1.165, 1.54) is 23.7 Å². The summed E-state index contributed by atoms with van der Waals surface area (Å²) in [6, 6.07) is 0. The van der Waals surface area contributed by atoms with E-state index in [1.54, 1.807) is 11.8 Å². The molecule has 12 heavy (non-hydrogen) atoms. The Morgan fingerprint density at radius 1 is 1.67 bits per heavy atom. The van der Waals surface area contributed by atoms with Crippen molar-refractivity contribution < 1.29 is 0 Å². The van der Waals surface area contributed by atoms with Crippen LogP contribution in [0.2, 0.25) is 0 Å². The van der Waals surface area contributed by atoms with Gasteiger partial charge < -0.3 is 4.90 Å². The maximum atomic E-state index is 4.40. The number of hydrogen-bond donors (Lipinski definition) is 0. The number of thioether (sulfide) groups is 1. The van der Waals surface area contributed by atoms with Crippen molar-refractivity contribution in [1.82, 2.24) is 4.90 Å². The number of amidine groups is 1. The van der Waals surface area contributed by atoms with Gasteiger partial charge in [-0.15, -0.1) is 0 Å². The maximum Gasteiger partial charge on any atom is 0.167 e. The highest BCUT2D eigenvalue weighted by Gasteiger charge is 2.25. The summed E-state index contributed by atoms with van der Waals surface area (Å²) < 4.78 is 0. The molecule has 0 aromatic carbocycles. The molecule has 2 nitrogen and oxygen atoms in total. The van der Waals surface area contributed by atoms with E-state index in [0.717, 1.165) is 18.4 Å². The van der Waals surface area contributed by atoms with Crippen LogP contribution < -0.4 is 0 Å². The summed E-state index contributed by atoms with van der Waals surface area (Å²) in [7, 11) is 0. The van der Waals surface area contributed by atoms with Gasteiger partial charge in [0.1, 0.15) is 0 Å². The minimum absolute atomic E-state index is 0.980. The van der Waals surface area contributed by atoms with Gasteiger partial charge in [0.25, 0.3) is 0 Å². The summed E-state index contributed by atoms with van der Waals surface area (Å²) in [4.78, 5) is 6.74. The van der Waals surface area contributed by atoms with Crippen LogP contribution in [0.15, 0.2) is 16.1 Å². The molecule has 0 amide bonds. The van der Waals surface area contributed by atoms with Crippen molar-refractivity contribution in [2.45, 2.75) is 12.8 Å². The van der Waals surface area contributed by atoms with Crippen molar-refractivity contribution in [2.24, 2.45) is 4.99 Å². The van der Waals surface area contributed by atoms with Gasteiger partial charge in [-0.05, 0) is 18.2 Å². The summed E-state index contributed by atoms with van der Waals surface area (Å²) in [6.07, 6.45) is 2.40. The highest BCUT2D eigenvalue weighted by atomic mass is 79.9. The number of halogens is 1. The van der Waals surface area contributed by atoms with Crippen LogP contribution in [0.3, 0.4) is 0 Å². The predicted octanol–water partition coefficient (Wildman–Crippen LogP) is 2.42. The lowest BCUT2D eigenvalue weighted by molar-refractivity contribution is 0.544. The van der Waals surface area contributed by atoms with Crippen molar-refractivity contribution in [3.05, 3.63) is 11.1 Å². The van der Waals surface area contributed by atoms with Crippen molar-refractivity contribution in [2.75, 3.05) is 18.4 Å². The van der Waals surface area contributed by atoms with E-state index >= 15 is 0 Å². The molecule has 0 fully saturated rings. The molecule has 0 unspecified atom stereocenters. The van der Waals surface area contributed by atoms with E-state index in [4.69, 9.17) is 0 Å². The Hall–Kier alpha value is 0.0400. The summed E-state index contributed by atoms with van der Waals surface area (Å²) in [6.45, 7) is 2.07. The van der Waals surface area contributed by atoms with Crippen LogP contribution in [0.1, 0.15) is 12.8 Å². The Labute approximate surface area is 85.2 Å². The molecule has 0 bridgehead atoms. The molecular formula is C8H11BrN2S. The van der Waals surface area contributed by atoms with E-state index in [2.05, 4.69) is 31.2 Å². The highest BCUT2D eigenvalue weighted by molar-refractivity contribution is 9.09. The van der Waals surface area contributed by atoms with Gasteiger partial charge in [0.2, 0.25) is 0 Å². The van der Waals surface area contributed by atoms with Gasteiger partial charge in [0, 0.05) is 17.6 Å². The summed E-state index contributed by atoms with van der Waals surface area (Å²) >= 11 is 5.22. The van der Waals surface area contributed by atoms with Crippen LogP contribution in [0, 0.1) is 0 Å². The van der Waals surface area contributed by atoms with Gasteiger partial charge in [-0.1, -0.05) is 27.7 Å². The van der Waals surface area contributed by atoms with Crippen molar-refractivity contribution in [3.8, 4) is 0 Å². The molecule has 0 aromatic heterocycles. The molecular weight excluding hydrogens is 236 g/mol. The normalized spacial score (nSPS) is 20.9. The molecule has 2 heterocycles. The zero-order chi connectivity index (χ0) is 8.39. The van der Waals surface area contributed by atoms with E-state index in [-0.39, 0.29) is 0 Å². The number of alkyl halides is 1. The van der Waals surface area contributed by atoms with Crippen molar-refractivity contribution >= 4 is 32.9 Å². The van der Waals surface area contributed by atoms with Gasteiger partial charge in [-0.3, -0.25) is 4.99 Å². The largest absolute Gasteiger partial charge is 0.322 e. The second-order valence-electron chi connectivity index (χ2n) is 2.84. The third-order valence-corrected chi connectivity index (χ3v) is 3.53. The number of nitrogens with zero attached hydrogens (tertiary/aromatic N) is 2. The standard InChI is InChI=1S/C8H11BrN2S/c9-3-1-2-7-6-12-8-10-4-5-11(7)8/h6H,1-5H2. The molecule has 4 heteroatoms. The highest BCUT2D eigenvalue weighted by Crippen LogP contribution is 2.31. The Kier molecular flexibility index (Phi) is 2.76. The monoisotopic (exact) mass is 246 g/mol. The van der Waals surface area contributed by atoms with E-state index < -0.39 is 0 Å². The number of aliphatic imine (C=N–C) groups is 1. The number of hydrogen-bond acceptors (Lipinski definition) is 3. The lowest BCUT2D eigenvalue weighted by atomic mass is 10.2. The average molecular weight is 247 g/mol. The first kappa shape index (κ1) is 8.63. The van der Waals surface area contributed by atoms with Gasteiger partial charge in [-0.2, -0.15) is 0 Å². The van der Waals surface area contributed by atoms with Gasteiger partial charge in [0.15, 0.2) is 5.17 Å². The molecule has 0 saturated carbocycles. The molecule has 2 aliphatic heterocycles. The zero-order valence-corrected chi connectivity index (χ0v) is 9.20. The van der Waals surface area contributed by atoms with Gasteiger partial charge in [0.05, 0.1) is 6.54 Å². The van der Waals surface area contributed by atoms with Gasteiger partial charge in [-0.25, -0.2) is 0 Å². The molecule has 66 valence electrons. The molecule has 2 aliphatic rings. The van der Waals surface area contributed by atoms with Crippen molar-refractivity contribution in [3.63, 3.8) is 0 Å². The second-order valence-corrected chi connectivity index (χ2v) is 4.47. The first-order valence-corrected chi connectivity index (χ1v) is 6.15. The minimum Gasteiger partial charge on any atom is -0.322 e. The average Bonchev–Trinajstić information content (AvgIpc) is 2.62. The lowest BCUT2D eigenvalue weighted by Gasteiger charge is -2.15. The first-order chi connectivity index (χ1) is 5.92. The van der Waals surface area contributed by atoms with Crippen LogP contribution in [0.25, 0.3) is 0 Å². The van der Waals surface area contributed by atoms with E-state index in [0.29, 0.717) is 0 Å². The third kappa shape index (κ3) is 1.55. The molecule has 0 aliphatic carbocycles. The van der Waals surface area contributed by atoms with Crippen LogP contribution >= 0.6 is 27.7 Å². The fourth-order valence-electron chi connectivity index (χ4n) is 1.42. The topological polar surface area (TPSA) is 15.6 Å². The predicted molar refractivity (Wildman–Crippen MR) is 57.7 cm³/mol. The second kappa shape index (κ2) is 3.83. The third-order valence-electron chi connectivity index (χ3n) is 2.02. The molecule has 0 atom stereocenters. The molecule has 0 radical (unpaired) electrons. The first-order valence-electron chi connectivity index (χ1n) is 4.15.